The van der Waals surface area contributed by atoms with Gasteiger partial charge in [-0.25, -0.2) is 4.79 Å². The first-order valence-corrected chi connectivity index (χ1v) is 9.06. The molecule has 2 fully saturated rings. The molecule has 6 heteroatoms. The van der Waals surface area contributed by atoms with Crippen molar-refractivity contribution < 1.29 is 14.3 Å². The average molecular weight is 343 g/mol. The van der Waals surface area contributed by atoms with Crippen molar-refractivity contribution >= 4 is 12.0 Å². The number of carbonyl (C=O) groups excluding carboxylic acids is 2. The Hall–Kier alpha value is -2.08. The van der Waals surface area contributed by atoms with Gasteiger partial charge in [0.15, 0.2) is 0 Å². The van der Waals surface area contributed by atoms with Crippen LogP contribution in [0.3, 0.4) is 0 Å². The molecule has 2 amide bonds. The normalized spacial score (nSPS) is 26.7. The lowest BCUT2D eigenvalue weighted by Gasteiger charge is -2.39. The van der Waals surface area contributed by atoms with Crippen LogP contribution in [0.25, 0.3) is 0 Å². The van der Waals surface area contributed by atoms with Crippen LogP contribution in [0.4, 0.5) is 4.79 Å². The number of carbonyl (C=O) groups is 2. The predicted octanol–water partition coefficient (Wildman–Crippen LogP) is 1.49. The molecule has 25 heavy (non-hydrogen) atoms. The Labute approximate surface area is 148 Å². The molecule has 6 nitrogen and oxygen atoms in total. The second-order valence-electron chi connectivity index (χ2n) is 7.56. The maximum atomic E-state index is 12.8. The van der Waals surface area contributed by atoms with Gasteiger partial charge in [-0.1, -0.05) is 24.3 Å². The standard InChI is InChI=1S/C19H25N3O3/c1-20-13-19(25-18(20)24)8-4-9-22(14-19)17(23)12-21-10-7-15-5-2-3-6-16(15)11-21/h2-3,5-6H,4,7-14H2,1H3/t19-/m0/s1. The first kappa shape index (κ1) is 16.4. The zero-order chi connectivity index (χ0) is 17.4. The Kier molecular flexibility index (Phi) is 4.15. The van der Waals surface area contributed by atoms with Gasteiger partial charge in [0.05, 0.1) is 19.6 Å². The molecule has 0 aromatic heterocycles. The number of ether oxygens (including phenoxy) is 1. The van der Waals surface area contributed by atoms with Crippen LogP contribution in [0, 0.1) is 0 Å². The number of benzene rings is 1. The molecule has 1 aromatic rings. The van der Waals surface area contributed by atoms with Gasteiger partial charge in [0.2, 0.25) is 5.91 Å². The summed E-state index contributed by atoms with van der Waals surface area (Å²) < 4.78 is 5.60. The summed E-state index contributed by atoms with van der Waals surface area (Å²) in [5.41, 5.74) is 2.21. The zero-order valence-corrected chi connectivity index (χ0v) is 14.7. The summed E-state index contributed by atoms with van der Waals surface area (Å²) in [5, 5.41) is 0. The molecular formula is C19H25N3O3. The Balaban J connectivity index is 1.38. The van der Waals surface area contributed by atoms with Gasteiger partial charge in [0, 0.05) is 26.7 Å². The smallest absolute Gasteiger partial charge is 0.410 e. The van der Waals surface area contributed by atoms with Gasteiger partial charge < -0.3 is 14.5 Å². The van der Waals surface area contributed by atoms with Gasteiger partial charge in [-0.15, -0.1) is 0 Å². The van der Waals surface area contributed by atoms with Crippen molar-refractivity contribution in [1.82, 2.24) is 14.7 Å². The van der Waals surface area contributed by atoms with Crippen LogP contribution in [0.15, 0.2) is 24.3 Å². The third-order valence-electron chi connectivity index (χ3n) is 5.60. The van der Waals surface area contributed by atoms with Gasteiger partial charge in [-0.2, -0.15) is 0 Å². The molecule has 1 atom stereocenters. The van der Waals surface area contributed by atoms with Gasteiger partial charge in [0.1, 0.15) is 5.60 Å². The molecular weight excluding hydrogens is 318 g/mol. The SMILES string of the molecule is CN1C[C@]2(CCCN(C(=O)CN3CCc4ccccc4C3)C2)OC1=O. The van der Waals surface area contributed by atoms with Crippen LogP contribution in [-0.2, 0) is 22.5 Å². The minimum atomic E-state index is -0.506. The fraction of sp³-hybridized carbons (Fsp3) is 0.579. The van der Waals surface area contributed by atoms with Crippen molar-refractivity contribution in [1.29, 1.82) is 0 Å². The number of nitrogens with zero attached hydrogens (tertiary/aromatic N) is 3. The van der Waals surface area contributed by atoms with Gasteiger partial charge in [-0.05, 0) is 30.4 Å². The van der Waals surface area contributed by atoms with E-state index < -0.39 is 5.60 Å². The first-order valence-electron chi connectivity index (χ1n) is 9.06. The van der Waals surface area contributed by atoms with E-state index in [2.05, 4.69) is 29.2 Å². The fourth-order valence-corrected chi connectivity index (χ4v) is 4.30. The minimum absolute atomic E-state index is 0.143. The highest BCUT2D eigenvalue weighted by Crippen LogP contribution is 2.31. The quantitative estimate of drug-likeness (QED) is 0.816. The molecule has 3 aliphatic rings. The maximum absolute atomic E-state index is 12.8. The summed E-state index contributed by atoms with van der Waals surface area (Å²) in [4.78, 5) is 30.3. The lowest BCUT2D eigenvalue weighted by molar-refractivity contribution is -0.138. The van der Waals surface area contributed by atoms with E-state index in [-0.39, 0.29) is 12.0 Å². The Bertz CT molecular complexity index is 692. The van der Waals surface area contributed by atoms with E-state index in [9.17, 15) is 9.59 Å². The molecule has 134 valence electrons. The zero-order valence-electron chi connectivity index (χ0n) is 14.7. The van der Waals surface area contributed by atoms with E-state index >= 15 is 0 Å². The number of amides is 2. The number of hydrogen-bond donors (Lipinski definition) is 0. The van der Waals surface area contributed by atoms with Crippen molar-refractivity contribution in [3.8, 4) is 0 Å². The Morgan fingerprint density at radius 2 is 2.00 bits per heavy atom. The molecule has 3 heterocycles. The average Bonchev–Trinajstić information content (AvgIpc) is 2.88. The second kappa shape index (κ2) is 6.33. The number of fused-ring (bicyclic) bond motifs is 1. The van der Waals surface area contributed by atoms with E-state index in [1.807, 2.05) is 4.90 Å². The first-order chi connectivity index (χ1) is 12.0. The van der Waals surface area contributed by atoms with Crippen molar-refractivity contribution in [3.05, 3.63) is 35.4 Å². The van der Waals surface area contributed by atoms with Crippen LogP contribution in [0.2, 0.25) is 0 Å². The molecule has 0 radical (unpaired) electrons. The van der Waals surface area contributed by atoms with E-state index in [0.717, 1.165) is 38.9 Å². The fourth-order valence-electron chi connectivity index (χ4n) is 4.30. The number of rotatable bonds is 2. The molecule has 3 aliphatic heterocycles. The molecule has 0 N–H and O–H groups in total. The molecule has 0 saturated carbocycles. The van der Waals surface area contributed by atoms with Crippen LogP contribution in [0.5, 0.6) is 0 Å². The van der Waals surface area contributed by atoms with Crippen molar-refractivity contribution in [2.45, 2.75) is 31.4 Å². The van der Waals surface area contributed by atoms with Crippen molar-refractivity contribution in [2.24, 2.45) is 0 Å². The van der Waals surface area contributed by atoms with Gasteiger partial charge in [-0.3, -0.25) is 9.69 Å². The molecule has 4 rings (SSSR count). The topological polar surface area (TPSA) is 53.1 Å². The summed E-state index contributed by atoms with van der Waals surface area (Å²) in [6.45, 7) is 4.04. The van der Waals surface area contributed by atoms with Gasteiger partial charge in [0.25, 0.3) is 0 Å². The maximum Gasteiger partial charge on any atom is 0.410 e. The molecule has 1 spiro atoms. The summed E-state index contributed by atoms with van der Waals surface area (Å²) in [6.07, 6.45) is 2.44. The number of piperidine rings is 1. The van der Waals surface area contributed by atoms with Gasteiger partial charge >= 0.3 is 6.09 Å². The summed E-state index contributed by atoms with van der Waals surface area (Å²) in [7, 11) is 1.75. The van der Waals surface area contributed by atoms with Crippen LogP contribution < -0.4 is 0 Å². The highest BCUT2D eigenvalue weighted by atomic mass is 16.6. The number of likely N-dealkylation sites (N-methyl/N-ethyl adjacent to an activating group) is 1. The van der Waals surface area contributed by atoms with E-state index in [1.54, 1.807) is 11.9 Å². The molecule has 0 aliphatic carbocycles. The van der Waals surface area contributed by atoms with Crippen LogP contribution >= 0.6 is 0 Å². The highest BCUT2D eigenvalue weighted by molar-refractivity contribution is 5.79. The predicted molar refractivity (Wildman–Crippen MR) is 93.1 cm³/mol. The third kappa shape index (κ3) is 3.23. The largest absolute Gasteiger partial charge is 0.439 e. The molecule has 0 bridgehead atoms. The second-order valence-corrected chi connectivity index (χ2v) is 7.56. The van der Waals surface area contributed by atoms with Crippen molar-refractivity contribution in [3.63, 3.8) is 0 Å². The minimum Gasteiger partial charge on any atom is -0.439 e. The third-order valence-corrected chi connectivity index (χ3v) is 5.60. The lowest BCUT2D eigenvalue weighted by Crippen LogP contribution is -2.54. The number of likely N-dealkylation sites (tertiary alicyclic amines) is 1. The molecule has 1 aromatic carbocycles. The lowest BCUT2D eigenvalue weighted by atomic mass is 9.92. The van der Waals surface area contributed by atoms with E-state index in [0.29, 0.717) is 19.6 Å². The summed E-state index contributed by atoms with van der Waals surface area (Å²) >= 11 is 0. The highest BCUT2D eigenvalue weighted by Gasteiger charge is 2.47. The Morgan fingerprint density at radius 1 is 1.20 bits per heavy atom. The van der Waals surface area contributed by atoms with Crippen LogP contribution in [-0.4, -0.2) is 72.1 Å². The summed E-state index contributed by atoms with van der Waals surface area (Å²) in [6, 6.07) is 8.46. The van der Waals surface area contributed by atoms with E-state index in [1.165, 1.54) is 11.1 Å². The van der Waals surface area contributed by atoms with Crippen molar-refractivity contribution in [2.75, 3.05) is 39.8 Å². The van der Waals surface area contributed by atoms with Crippen LogP contribution in [0.1, 0.15) is 24.0 Å². The molecule has 0 unspecified atom stereocenters. The summed E-state index contributed by atoms with van der Waals surface area (Å²) in [5.74, 6) is 0.143. The monoisotopic (exact) mass is 343 g/mol. The number of hydrogen-bond acceptors (Lipinski definition) is 4. The Morgan fingerprint density at radius 3 is 2.76 bits per heavy atom. The molecule has 2 saturated heterocycles. The van der Waals surface area contributed by atoms with E-state index in [4.69, 9.17) is 4.74 Å².